The van der Waals surface area contributed by atoms with Gasteiger partial charge in [0, 0.05) is 0 Å². The summed E-state index contributed by atoms with van der Waals surface area (Å²) in [5.74, 6) is 0.950. The fourth-order valence-corrected chi connectivity index (χ4v) is 1.63. The number of hydrogen-bond acceptors (Lipinski definition) is 4. The molecule has 5 heteroatoms. The van der Waals surface area contributed by atoms with E-state index in [1.54, 1.807) is 6.20 Å². The van der Waals surface area contributed by atoms with Gasteiger partial charge < -0.3 is 11.1 Å². The van der Waals surface area contributed by atoms with Gasteiger partial charge in [0.1, 0.15) is 5.82 Å². The molecule has 0 spiro atoms. The number of halogens is 1. The molecule has 0 aliphatic carbocycles. The molecule has 0 bridgehead atoms. The Balaban J connectivity index is 2.34. The lowest BCUT2D eigenvalue weighted by atomic mass is 10.2. The Hall–Kier alpha value is -1.81. The molecule has 16 heavy (non-hydrogen) atoms. The highest BCUT2D eigenvalue weighted by molar-refractivity contribution is 6.33. The van der Waals surface area contributed by atoms with Crippen molar-refractivity contribution >= 4 is 28.9 Å². The van der Waals surface area contributed by atoms with Crippen LogP contribution in [0.5, 0.6) is 0 Å². The van der Waals surface area contributed by atoms with Gasteiger partial charge in [0.2, 0.25) is 0 Å². The van der Waals surface area contributed by atoms with Gasteiger partial charge in [0.05, 0.1) is 23.1 Å². The maximum Gasteiger partial charge on any atom is 0.151 e. The third-order valence-corrected chi connectivity index (χ3v) is 2.44. The van der Waals surface area contributed by atoms with E-state index in [9.17, 15) is 0 Å². The van der Waals surface area contributed by atoms with E-state index in [0.29, 0.717) is 16.7 Å². The van der Waals surface area contributed by atoms with Crippen molar-refractivity contribution in [3.05, 3.63) is 41.2 Å². The van der Waals surface area contributed by atoms with Crippen LogP contribution in [-0.4, -0.2) is 9.97 Å². The smallest absolute Gasteiger partial charge is 0.151 e. The largest absolute Gasteiger partial charge is 0.382 e. The predicted octanol–water partition coefficient (Wildman–Crippen LogP) is 2.76. The quantitative estimate of drug-likeness (QED) is 0.839. The molecule has 2 rings (SSSR count). The number of nitrogen functional groups attached to an aromatic ring is 1. The summed E-state index contributed by atoms with van der Waals surface area (Å²) in [6.45, 7) is 1.97. The van der Waals surface area contributed by atoms with Crippen molar-refractivity contribution in [3.63, 3.8) is 0 Å². The summed E-state index contributed by atoms with van der Waals surface area (Å²) in [6.07, 6.45) is 3.09. The van der Waals surface area contributed by atoms with Crippen molar-refractivity contribution in [2.75, 3.05) is 11.1 Å². The number of aromatic nitrogens is 2. The summed E-state index contributed by atoms with van der Waals surface area (Å²) in [6, 6.07) is 5.68. The lowest BCUT2D eigenvalue weighted by molar-refractivity contribution is 1.20. The molecule has 0 amide bonds. The average Bonchev–Trinajstić information content (AvgIpc) is 2.24. The first-order valence-electron chi connectivity index (χ1n) is 4.76. The molecule has 3 N–H and O–H groups in total. The van der Waals surface area contributed by atoms with Crippen LogP contribution >= 0.6 is 11.6 Å². The molecule has 1 aromatic heterocycles. The van der Waals surface area contributed by atoms with Crippen LogP contribution < -0.4 is 11.1 Å². The SMILES string of the molecule is Cc1cccc(Cl)c1Nc1cncc(N)n1. The normalized spacial score (nSPS) is 10.1. The minimum Gasteiger partial charge on any atom is -0.382 e. The predicted molar refractivity (Wildman–Crippen MR) is 65.9 cm³/mol. The molecule has 0 unspecified atom stereocenters. The lowest BCUT2D eigenvalue weighted by Gasteiger charge is -2.10. The van der Waals surface area contributed by atoms with Crippen molar-refractivity contribution < 1.29 is 0 Å². The van der Waals surface area contributed by atoms with Gasteiger partial charge >= 0.3 is 0 Å². The van der Waals surface area contributed by atoms with Crippen molar-refractivity contribution in [1.82, 2.24) is 9.97 Å². The minimum atomic E-state index is 0.370. The molecular formula is C11H11ClN4. The molecule has 0 radical (unpaired) electrons. The van der Waals surface area contributed by atoms with Crippen LogP contribution in [0.25, 0.3) is 0 Å². The monoisotopic (exact) mass is 234 g/mol. The Kier molecular flexibility index (Phi) is 2.92. The number of benzene rings is 1. The van der Waals surface area contributed by atoms with Crippen LogP contribution in [-0.2, 0) is 0 Å². The van der Waals surface area contributed by atoms with Gasteiger partial charge in [-0.25, -0.2) is 4.98 Å². The zero-order chi connectivity index (χ0) is 11.5. The van der Waals surface area contributed by atoms with Gasteiger partial charge in [-0.1, -0.05) is 23.7 Å². The van der Waals surface area contributed by atoms with E-state index >= 15 is 0 Å². The molecule has 4 nitrogen and oxygen atoms in total. The van der Waals surface area contributed by atoms with Crippen LogP contribution in [0.3, 0.4) is 0 Å². The number of para-hydroxylation sites is 1. The van der Waals surface area contributed by atoms with Gasteiger partial charge in [-0.05, 0) is 18.6 Å². The number of aryl methyl sites for hydroxylation is 1. The number of hydrogen-bond donors (Lipinski definition) is 2. The molecule has 2 aromatic rings. The van der Waals surface area contributed by atoms with E-state index in [2.05, 4.69) is 15.3 Å². The summed E-state index contributed by atoms with van der Waals surface area (Å²) in [4.78, 5) is 8.04. The number of nitrogens with zero attached hydrogens (tertiary/aromatic N) is 2. The molecule has 0 aliphatic heterocycles. The number of rotatable bonds is 2. The lowest BCUT2D eigenvalue weighted by Crippen LogP contribution is -1.99. The third-order valence-electron chi connectivity index (χ3n) is 2.13. The molecule has 1 aromatic carbocycles. The first kappa shape index (κ1) is 10.7. The Morgan fingerprint density at radius 2 is 2.12 bits per heavy atom. The van der Waals surface area contributed by atoms with Crippen molar-refractivity contribution in [3.8, 4) is 0 Å². The van der Waals surface area contributed by atoms with Gasteiger partial charge in [-0.3, -0.25) is 4.98 Å². The summed E-state index contributed by atoms with van der Waals surface area (Å²) in [5, 5.41) is 3.74. The van der Waals surface area contributed by atoms with E-state index < -0.39 is 0 Å². The molecule has 0 saturated heterocycles. The van der Waals surface area contributed by atoms with Crippen LogP contribution in [0.1, 0.15) is 5.56 Å². The standard InChI is InChI=1S/C11H11ClN4/c1-7-3-2-4-8(12)11(7)16-10-6-14-5-9(13)15-10/h2-6H,1H3,(H3,13,15,16). The zero-order valence-corrected chi connectivity index (χ0v) is 9.49. The van der Waals surface area contributed by atoms with Crippen LogP contribution in [0.4, 0.5) is 17.3 Å². The van der Waals surface area contributed by atoms with Gasteiger partial charge in [-0.15, -0.1) is 0 Å². The van der Waals surface area contributed by atoms with E-state index in [0.717, 1.165) is 11.3 Å². The van der Waals surface area contributed by atoms with E-state index in [1.807, 2.05) is 25.1 Å². The van der Waals surface area contributed by atoms with Gasteiger partial charge in [0.15, 0.2) is 5.82 Å². The second-order valence-electron chi connectivity index (χ2n) is 3.39. The highest BCUT2D eigenvalue weighted by Crippen LogP contribution is 2.27. The first-order valence-corrected chi connectivity index (χ1v) is 5.14. The molecule has 0 saturated carbocycles. The van der Waals surface area contributed by atoms with Crippen LogP contribution in [0.15, 0.2) is 30.6 Å². The maximum atomic E-state index is 6.08. The number of nitrogens with one attached hydrogen (secondary N) is 1. The molecule has 0 atom stereocenters. The van der Waals surface area contributed by atoms with Crippen molar-refractivity contribution in [2.45, 2.75) is 6.92 Å². The van der Waals surface area contributed by atoms with E-state index in [-0.39, 0.29) is 0 Å². The Labute approximate surface area is 98.5 Å². The van der Waals surface area contributed by atoms with Crippen molar-refractivity contribution in [1.29, 1.82) is 0 Å². The second-order valence-corrected chi connectivity index (χ2v) is 3.79. The summed E-state index contributed by atoms with van der Waals surface area (Å²) in [5.41, 5.74) is 7.40. The highest BCUT2D eigenvalue weighted by atomic mass is 35.5. The molecule has 82 valence electrons. The zero-order valence-electron chi connectivity index (χ0n) is 8.74. The number of nitrogens with two attached hydrogens (primary N) is 1. The van der Waals surface area contributed by atoms with E-state index in [4.69, 9.17) is 17.3 Å². The first-order chi connectivity index (χ1) is 7.66. The van der Waals surface area contributed by atoms with Crippen molar-refractivity contribution in [2.24, 2.45) is 0 Å². The van der Waals surface area contributed by atoms with Gasteiger partial charge in [0.25, 0.3) is 0 Å². The summed E-state index contributed by atoms with van der Waals surface area (Å²) >= 11 is 6.08. The average molecular weight is 235 g/mol. The Morgan fingerprint density at radius 3 is 2.81 bits per heavy atom. The maximum absolute atomic E-state index is 6.08. The third kappa shape index (κ3) is 2.23. The fourth-order valence-electron chi connectivity index (χ4n) is 1.36. The van der Waals surface area contributed by atoms with Crippen LogP contribution in [0.2, 0.25) is 5.02 Å². The highest BCUT2D eigenvalue weighted by Gasteiger charge is 2.04. The van der Waals surface area contributed by atoms with E-state index in [1.165, 1.54) is 6.20 Å². The minimum absolute atomic E-state index is 0.370. The fraction of sp³-hybridized carbons (Fsp3) is 0.0909. The second kappa shape index (κ2) is 4.37. The Bertz CT molecular complexity index is 493. The topological polar surface area (TPSA) is 63.8 Å². The summed E-state index contributed by atoms with van der Waals surface area (Å²) < 4.78 is 0. The molecule has 0 fully saturated rings. The molecule has 1 heterocycles. The van der Waals surface area contributed by atoms with Gasteiger partial charge in [-0.2, -0.15) is 0 Å². The summed E-state index contributed by atoms with van der Waals surface area (Å²) in [7, 11) is 0. The Morgan fingerprint density at radius 1 is 1.31 bits per heavy atom. The molecule has 0 aliphatic rings. The number of anilines is 3. The molecular weight excluding hydrogens is 224 g/mol. The van der Waals surface area contributed by atoms with Crippen LogP contribution in [0, 0.1) is 6.92 Å².